The standard InChI is InChI=1S/C23H21ClO3.C3H7N/c1-5-16(3)21-14-18(24)12-13-20(21)22(19(6-2)23(25)26-4)27-15-17-10-8-7-9-11-17;1-3-4-2/h2,5,7-14H,15H2,1,3-4H3;3H,1-2H3/b16-5-,22-19-;. The van der Waals surface area contributed by atoms with Crippen LogP contribution in [-0.2, 0) is 20.9 Å². The Morgan fingerprint density at radius 2 is 1.81 bits per heavy atom. The summed E-state index contributed by atoms with van der Waals surface area (Å²) in [6.07, 6.45) is 9.32. The summed E-state index contributed by atoms with van der Waals surface area (Å²) in [4.78, 5) is 15.9. The molecule has 0 fully saturated rings. The molecule has 0 aliphatic rings. The van der Waals surface area contributed by atoms with Crippen LogP contribution in [0.4, 0.5) is 0 Å². The summed E-state index contributed by atoms with van der Waals surface area (Å²) in [6.45, 7) is 6.03. The van der Waals surface area contributed by atoms with E-state index in [1.165, 1.54) is 7.11 Å². The highest BCUT2D eigenvalue weighted by atomic mass is 35.5. The molecule has 31 heavy (non-hydrogen) atoms. The molecule has 0 atom stereocenters. The molecule has 0 amide bonds. The van der Waals surface area contributed by atoms with Gasteiger partial charge < -0.3 is 14.5 Å². The second-order valence-electron chi connectivity index (χ2n) is 6.29. The fourth-order valence-corrected chi connectivity index (χ4v) is 2.70. The Bertz CT molecular complexity index is 995. The zero-order valence-electron chi connectivity index (χ0n) is 18.6. The van der Waals surface area contributed by atoms with Gasteiger partial charge in [0.25, 0.3) is 0 Å². The minimum Gasteiger partial charge on any atom is -0.487 e. The molecule has 4 nitrogen and oxygen atoms in total. The van der Waals surface area contributed by atoms with Gasteiger partial charge in [-0.15, -0.1) is 6.42 Å². The second-order valence-corrected chi connectivity index (χ2v) is 6.73. The maximum atomic E-state index is 12.2. The number of allylic oxidation sites excluding steroid dienone is 2. The quantitative estimate of drug-likeness (QED) is 0.177. The molecular weight excluding hydrogens is 410 g/mol. The van der Waals surface area contributed by atoms with E-state index in [1.54, 1.807) is 25.4 Å². The Morgan fingerprint density at radius 1 is 1.16 bits per heavy atom. The van der Waals surface area contributed by atoms with Crippen molar-refractivity contribution in [3.05, 3.63) is 81.9 Å². The first-order valence-electron chi connectivity index (χ1n) is 9.69. The number of carbonyl (C=O) groups is 1. The van der Waals surface area contributed by atoms with Crippen molar-refractivity contribution in [3.63, 3.8) is 0 Å². The average Bonchev–Trinajstić information content (AvgIpc) is 2.81. The van der Waals surface area contributed by atoms with Crippen LogP contribution in [0.2, 0.25) is 5.02 Å². The van der Waals surface area contributed by atoms with E-state index >= 15 is 0 Å². The molecule has 0 spiro atoms. The summed E-state index contributed by atoms with van der Waals surface area (Å²) in [5.74, 6) is 2.08. The number of ether oxygens (including phenoxy) is 2. The van der Waals surface area contributed by atoms with Crippen LogP contribution in [0.25, 0.3) is 11.3 Å². The molecule has 2 aromatic carbocycles. The van der Waals surface area contributed by atoms with Crippen LogP contribution in [-0.4, -0.2) is 26.3 Å². The molecule has 0 saturated carbocycles. The van der Waals surface area contributed by atoms with Crippen molar-refractivity contribution in [2.24, 2.45) is 4.99 Å². The van der Waals surface area contributed by atoms with Gasteiger partial charge >= 0.3 is 5.97 Å². The van der Waals surface area contributed by atoms with Gasteiger partial charge in [0.05, 0.1) is 7.11 Å². The minimum atomic E-state index is -0.625. The smallest absolute Gasteiger partial charge is 0.350 e. The maximum Gasteiger partial charge on any atom is 0.350 e. The molecule has 2 rings (SSSR count). The fourth-order valence-electron chi connectivity index (χ4n) is 2.53. The molecule has 0 heterocycles. The van der Waals surface area contributed by atoms with Crippen LogP contribution < -0.4 is 0 Å². The van der Waals surface area contributed by atoms with E-state index in [9.17, 15) is 4.79 Å². The number of hydrogen-bond acceptors (Lipinski definition) is 4. The largest absolute Gasteiger partial charge is 0.487 e. The van der Waals surface area contributed by atoms with Gasteiger partial charge in [0.15, 0.2) is 11.3 Å². The zero-order chi connectivity index (χ0) is 23.2. The molecule has 2 aromatic rings. The van der Waals surface area contributed by atoms with Gasteiger partial charge in [-0.2, -0.15) is 0 Å². The summed E-state index contributed by atoms with van der Waals surface area (Å²) >= 11 is 6.18. The summed E-state index contributed by atoms with van der Waals surface area (Å²) in [7, 11) is 3.04. The van der Waals surface area contributed by atoms with E-state index < -0.39 is 5.97 Å². The molecule has 0 aliphatic heterocycles. The Balaban J connectivity index is 0.00000110. The third kappa shape index (κ3) is 7.81. The van der Waals surface area contributed by atoms with Gasteiger partial charge in [0.1, 0.15) is 6.61 Å². The van der Waals surface area contributed by atoms with Crippen LogP contribution >= 0.6 is 11.6 Å². The van der Waals surface area contributed by atoms with Crippen molar-refractivity contribution in [1.29, 1.82) is 0 Å². The lowest BCUT2D eigenvalue weighted by atomic mass is 9.97. The van der Waals surface area contributed by atoms with Crippen molar-refractivity contribution in [1.82, 2.24) is 0 Å². The first-order valence-corrected chi connectivity index (χ1v) is 10.1. The van der Waals surface area contributed by atoms with Gasteiger partial charge in [-0.05, 0) is 61.9 Å². The van der Waals surface area contributed by atoms with Crippen molar-refractivity contribution in [2.45, 2.75) is 27.4 Å². The number of nitrogens with zero attached hydrogens (tertiary/aromatic N) is 1. The first kappa shape index (κ1) is 25.7. The average molecular weight is 438 g/mol. The van der Waals surface area contributed by atoms with E-state index in [-0.39, 0.29) is 12.2 Å². The molecule has 162 valence electrons. The molecule has 0 saturated heterocycles. The summed E-state index contributed by atoms with van der Waals surface area (Å²) in [5.41, 5.74) is 3.49. The van der Waals surface area contributed by atoms with Crippen LogP contribution in [0.3, 0.4) is 0 Å². The predicted octanol–water partition coefficient (Wildman–Crippen LogP) is 6.20. The van der Waals surface area contributed by atoms with Crippen LogP contribution in [0.1, 0.15) is 37.5 Å². The molecule has 0 aromatic heterocycles. The second kappa shape index (κ2) is 13.8. The lowest BCUT2D eigenvalue weighted by Crippen LogP contribution is -2.09. The highest BCUT2D eigenvalue weighted by Gasteiger charge is 2.21. The van der Waals surface area contributed by atoms with E-state index in [1.807, 2.05) is 63.2 Å². The third-order valence-electron chi connectivity index (χ3n) is 4.33. The van der Waals surface area contributed by atoms with Gasteiger partial charge in [-0.25, -0.2) is 4.79 Å². The number of methoxy groups -OCH3 is 1. The lowest BCUT2D eigenvalue weighted by molar-refractivity contribution is -0.135. The Morgan fingerprint density at radius 3 is 2.32 bits per heavy atom. The number of benzene rings is 2. The SMILES string of the molecule is C#C/C(C(=O)OC)=C(/OCc1ccccc1)c1ccc(Cl)cc1/C(C)=C\C.CC=NC. The molecule has 0 aliphatic carbocycles. The molecule has 0 unspecified atom stereocenters. The van der Waals surface area contributed by atoms with E-state index in [2.05, 4.69) is 10.9 Å². The number of hydrogen-bond donors (Lipinski definition) is 0. The number of terminal acetylenes is 1. The minimum absolute atomic E-state index is 0.0286. The lowest BCUT2D eigenvalue weighted by Gasteiger charge is -2.17. The van der Waals surface area contributed by atoms with Crippen LogP contribution in [0.15, 0.2) is 65.2 Å². The zero-order valence-corrected chi connectivity index (χ0v) is 19.4. The highest BCUT2D eigenvalue weighted by molar-refractivity contribution is 6.30. The number of halogens is 1. The Hall–Kier alpha value is -3.29. The van der Waals surface area contributed by atoms with Crippen molar-refractivity contribution < 1.29 is 14.3 Å². The summed E-state index contributed by atoms with van der Waals surface area (Å²) in [6, 6.07) is 15.0. The summed E-state index contributed by atoms with van der Waals surface area (Å²) in [5, 5.41) is 0.581. The van der Waals surface area contributed by atoms with Gasteiger partial charge in [0, 0.05) is 17.6 Å². The molecule has 0 bridgehead atoms. The van der Waals surface area contributed by atoms with Crippen LogP contribution in [0.5, 0.6) is 0 Å². The van der Waals surface area contributed by atoms with Gasteiger partial charge in [-0.3, -0.25) is 0 Å². The maximum absolute atomic E-state index is 12.2. The van der Waals surface area contributed by atoms with Crippen LogP contribution in [0, 0.1) is 12.3 Å². The number of aliphatic imine (C=N–C) groups is 1. The van der Waals surface area contributed by atoms with E-state index in [0.717, 1.165) is 16.7 Å². The number of carbonyl (C=O) groups excluding carboxylic acids is 1. The van der Waals surface area contributed by atoms with Gasteiger partial charge in [-0.1, -0.05) is 53.9 Å². The van der Waals surface area contributed by atoms with Crippen molar-refractivity contribution in [2.75, 3.05) is 14.2 Å². The number of esters is 1. The number of rotatable bonds is 6. The molecule has 5 heteroatoms. The highest BCUT2D eigenvalue weighted by Crippen LogP contribution is 2.32. The monoisotopic (exact) mass is 437 g/mol. The van der Waals surface area contributed by atoms with Gasteiger partial charge in [0.2, 0.25) is 0 Å². The summed E-state index contributed by atoms with van der Waals surface area (Å²) < 4.78 is 10.9. The van der Waals surface area contributed by atoms with Crippen molar-refractivity contribution >= 4 is 35.1 Å². The third-order valence-corrected chi connectivity index (χ3v) is 4.56. The predicted molar refractivity (Wildman–Crippen MR) is 130 cm³/mol. The Labute approximate surface area is 190 Å². The van der Waals surface area contributed by atoms with E-state index in [0.29, 0.717) is 16.3 Å². The topological polar surface area (TPSA) is 47.9 Å². The molecule has 0 radical (unpaired) electrons. The van der Waals surface area contributed by atoms with E-state index in [4.69, 9.17) is 27.5 Å². The Kier molecular flexibility index (Phi) is 11.5. The fraction of sp³-hybridized carbons (Fsp3) is 0.231. The molecular formula is C26H28ClNO3. The normalized spacial score (nSPS) is 11.7. The first-order chi connectivity index (χ1) is 14.9. The molecule has 0 N–H and O–H groups in total. The van der Waals surface area contributed by atoms with Crippen molar-refractivity contribution in [3.8, 4) is 12.3 Å².